The number of nitrogens with one attached hydrogen (secondary N) is 1. The van der Waals surface area contributed by atoms with Crippen LogP contribution in [0.1, 0.15) is 30.7 Å². The van der Waals surface area contributed by atoms with E-state index in [1.165, 1.54) is 5.56 Å². The molecule has 0 atom stereocenters. The molecule has 0 radical (unpaired) electrons. The van der Waals surface area contributed by atoms with Crippen LogP contribution in [0.3, 0.4) is 0 Å². The fourth-order valence-corrected chi connectivity index (χ4v) is 4.53. The highest BCUT2D eigenvalue weighted by Gasteiger charge is 2.45. The fourth-order valence-electron chi connectivity index (χ4n) is 4.53. The van der Waals surface area contributed by atoms with Crippen molar-refractivity contribution in [3.05, 3.63) is 59.9 Å². The summed E-state index contributed by atoms with van der Waals surface area (Å²) in [4.78, 5) is 23.0. The Morgan fingerprint density at radius 2 is 1.89 bits per heavy atom. The van der Waals surface area contributed by atoms with E-state index in [0.29, 0.717) is 12.8 Å². The Bertz CT molecular complexity index is 955. The summed E-state index contributed by atoms with van der Waals surface area (Å²) in [5.41, 5.74) is 4.42. The number of ether oxygens (including phenoxy) is 1. The monoisotopic (exact) mass is 361 g/mol. The predicted molar refractivity (Wildman–Crippen MR) is 105 cm³/mol. The molecular weight excluding hydrogens is 338 g/mol. The van der Waals surface area contributed by atoms with Gasteiger partial charge in [-0.05, 0) is 36.6 Å². The summed E-state index contributed by atoms with van der Waals surface area (Å²) >= 11 is 0. The Morgan fingerprint density at radius 3 is 2.74 bits per heavy atom. The lowest BCUT2D eigenvalue weighted by atomic mass is 9.76. The lowest BCUT2D eigenvalue weighted by Crippen LogP contribution is -2.40. The summed E-state index contributed by atoms with van der Waals surface area (Å²) in [6.07, 6.45) is 3.05. The van der Waals surface area contributed by atoms with Gasteiger partial charge in [-0.3, -0.25) is 4.79 Å². The normalized spacial score (nSPS) is 18.1. The van der Waals surface area contributed by atoms with Crippen molar-refractivity contribution in [2.45, 2.75) is 31.1 Å². The lowest BCUT2D eigenvalue weighted by Gasteiger charge is -2.34. The van der Waals surface area contributed by atoms with Gasteiger partial charge in [-0.15, -0.1) is 0 Å². The van der Waals surface area contributed by atoms with E-state index in [9.17, 15) is 4.79 Å². The molecule has 5 nitrogen and oxygen atoms in total. The smallest absolute Gasteiger partial charge is 0.227 e. The maximum atomic E-state index is 13.1. The van der Waals surface area contributed by atoms with Crippen LogP contribution in [0.2, 0.25) is 0 Å². The highest BCUT2D eigenvalue weighted by Crippen LogP contribution is 2.46. The molecule has 1 amide bonds. The zero-order valence-electron chi connectivity index (χ0n) is 15.3. The van der Waals surface area contributed by atoms with Gasteiger partial charge in [-0.2, -0.15) is 0 Å². The average Bonchev–Trinajstić information content (AvgIpc) is 3.27. The van der Waals surface area contributed by atoms with Crippen LogP contribution in [-0.4, -0.2) is 35.6 Å². The number of rotatable bonds is 3. The summed E-state index contributed by atoms with van der Waals surface area (Å²) < 4.78 is 5.59. The van der Waals surface area contributed by atoms with Crippen molar-refractivity contribution in [3.8, 4) is 0 Å². The largest absolute Gasteiger partial charge is 0.381 e. The van der Waals surface area contributed by atoms with E-state index in [-0.39, 0.29) is 11.3 Å². The van der Waals surface area contributed by atoms with Gasteiger partial charge in [0.2, 0.25) is 5.91 Å². The number of para-hydroxylation sites is 3. The van der Waals surface area contributed by atoms with Gasteiger partial charge in [-0.1, -0.05) is 30.3 Å². The number of hydrogen-bond acceptors (Lipinski definition) is 3. The number of aromatic nitrogens is 2. The van der Waals surface area contributed by atoms with Crippen LogP contribution < -0.4 is 4.90 Å². The standard InChI is InChI=1S/C22H23N3O2/c26-21(10-9-20-23-17-6-2-3-7-18(17)24-20)25-15-22(11-13-27-14-12-22)16-5-1-4-8-19(16)25/h1-8H,9-15H2,(H,23,24). The van der Waals surface area contributed by atoms with Gasteiger partial charge in [0.05, 0.1) is 11.0 Å². The molecule has 27 heavy (non-hydrogen) atoms. The van der Waals surface area contributed by atoms with E-state index in [1.54, 1.807) is 0 Å². The Hall–Kier alpha value is -2.66. The molecule has 0 bridgehead atoms. The van der Waals surface area contributed by atoms with Gasteiger partial charge >= 0.3 is 0 Å². The molecule has 1 fully saturated rings. The van der Waals surface area contributed by atoms with Gasteiger partial charge in [-0.25, -0.2) is 4.98 Å². The second-order valence-electron chi connectivity index (χ2n) is 7.59. The van der Waals surface area contributed by atoms with Gasteiger partial charge in [0, 0.05) is 43.7 Å². The number of anilines is 1. The topological polar surface area (TPSA) is 58.2 Å². The Kier molecular flexibility index (Phi) is 3.97. The van der Waals surface area contributed by atoms with E-state index in [1.807, 2.05) is 35.2 Å². The quantitative estimate of drug-likeness (QED) is 0.776. The van der Waals surface area contributed by atoms with Crippen molar-refractivity contribution in [1.82, 2.24) is 9.97 Å². The summed E-state index contributed by atoms with van der Waals surface area (Å²) in [5.74, 6) is 1.05. The van der Waals surface area contributed by atoms with E-state index in [2.05, 4.69) is 28.2 Å². The Balaban J connectivity index is 1.35. The molecule has 0 saturated carbocycles. The zero-order valence-corrected chi connectivity index (χ0v) is 15.3. The van der Waals surface area contributed by atoms with Gasteiger partial charge in [0.15, 0.2) is 0 Å². The SMILES string of the molecule is O=C(CCc1nc2ccccc2[nH]1)N1CC2(CCOCC2)c2ccccc21. The van der Waals surface area contributed by atoms with Crippen molar-refractivity contribution in [2.24, 2.45) is 0 Å². The third-order valence-electron chi connectivity index (χ3n) is 5.99. The van der Waals surface area contributed by atoms with Crippen LogP contribution in [0.4, 0.5) is 5.69 Å². The number of fused-ring (bicyclic) bond motifs is 3. The molecule has 138 valence electrons. The van der Waals surface area contributed by atoms with Crippen LogP contribution in [-0.2, 0) is 21.4 Å². The highest BCUT2D eigenvalue weighted by molar-refractivity contribution is 5.96. The highest BCUT2D eigenvalue weighted by atomic mass is 16.5. The second kappa shape index (κ2) is 6.50. The Morgan fingerprint density at radius 1 is 1.11 bits per heavy atom. The number of aryl methyl sites for hydroxylation is 1. The average molecular weight is 361 g/mol. The fraction of sp³-hybridized carbons (Fsp3) is 0.364. The maximum Gasteiger partial charge on any atom is 0.227 e. The number of H-pyrrole nitrogens is 1. The van der Waals surface area contributed by atoms with Gasteiger partial charge in [0.25, 0.3) is 0 Å². The van der Waals surface area contributed by atoms with Crippen molar-refractivity contribution in [1.29, 1.82) is 0 Å². The number of hydrogen-bond donors (Lipinski definition) is 1. The molecule has 2 aliphatic heterocycles. The summed E-state index contributed by atoms with van der Waals surface area (Å²) in [7, 11) is 0. The zero-order chi connectivity index (χ0) is 18.3. The van der Waals surface area contributed by atoms with E-state index < -0.39 is 0 Å². The minimum absolute atomic E-state index is 0.0594. The van der Waals surface area contributed by atoms with Crippen LogP contribution in [0.5, 0.6) is 0 Å². The number of aromatic amines is 1. The van der Waals surface area contributed by atoms with Crippen molar-refractivity contribution >= 4 is 22.6 Å². The molecule has 5 rings (SSSR count). The maximum absolute atomic E-state index is 13.1. The van der Waals surface area contributed by atoms with Crippen LogP contribution in [0, 0.1) is 0 Å². The predicted octanol–water partition coefficient (Wildman–Crippen LogP) is 3.59. The number of benzene rings is 2. The van der Waals surface area contributed by atoms with Gasteiger partial charge in [0.1, 0.15) is 5.82 Å². The van der Waals surface area contributed by atoms with E-state index in [0.717, 1.165) is 55.1 Å². The molecule has 3 heterocycles. The third kappa shape index (κ3) is 2.82. The molecule has 1 aromatic heterocycles. The summed E-state index contributed by atoms with van der Waals surface area (Å²) in [6, 6.07) is 16.3. The first kappa shape index (κ1) is 16.5. The first-order chi connectivity index (χ1) is 13.3. The number of carbonyl (C=O) groups excluding carboxylic acids is 1. The number of imidazole rings is 1. The van der Waals surface area contributed by atoms with Crippen molar-refractivity contribution in [2.75, 3.05) is 24.7 Å². The van der Waals surface area contributed by atoms with Gasteiger partial charge < -0.3 is 14.6 Å². The molecule has 2 aliphatic rings. The molecule has 1 N–H and O–H groups in total. The van der Waals surface area contributed by atoms with E-state index in [4.69, 9.17) is 4.74 Å². The summed E-state index contributed by atoms with van der Waals surface area (Å²) in [5, 5.41) is 0. The molecule has 1 saturated heterocycles. The van der Waals surface area contributed by atoms with Crippen LogP contribution in [0.15, 0.2) is 48.5 Å². The number of nitrogens with zero attached hydrogens (tertiary/aromatic N) is 2. The molecular formula is C22H23N3O2. The molecule has 1 spiro atoms. The van der Waals surface area contributed by atoms with Crippen LogP contribution in [0.25, 0.3) is 11.0 Å². The lowest BCUT2D eigenvalue weighted by molar-refractivity contribution is -0.118. The number of carbonyl (C=O) groups is 1. The Labute approximate surface area is 158 Å². The van der Waals surface area contributed by atoms with Crippen molar-refractivity contribution in [3.63, 3.8) is 0 Å². The minimum atomic E-state index is 0.0594. The molecule has 3 aromatic rings. The third-order valence-corrected chi connectivity index (χ3v) is 5.99. The van der Waals surface area contributed by atoms with Crippen molar-refractivity contribution < 1.29 is 9.53 Å². The number of amides is 1. The summed E-state index contributed by atoms with van der Waals surface area (Å²) in [6.45, 7) is 2.32. The first-order valence-electron chi connectivity index (χ1n) is 9.66. The van der Waals surface area contributed by atoms with Crippen LogP contribution >= 0.6 is 0 Å². The minimum Gasteiger partial charge on any atom is -0.381 e. The van der Waals surface area contributed by atoms with E-state index >= 15 is 0 Å². The molecule has 0 unspecified atom stereocenters. The molecule has 5 heteroatoms. The second-order valence-corrected chi connectivity index (χ2v) is 7.59. The first-order valence-corrected chi connectivity index (χ1v) is 9.66. The molecule has 2 aromatic carbocycles. The molecule has 0 aliphatic carbocycles.